The van der Waals surface area contributed by atoms with E-state index in [1.165, 1.54) is 0 Å². The molecule has 1 aliphatic carbocycles. The number of nitrogens with zero attached hydrogens (tertiary/aromatic N) is 1. The van der Waals surface area contributed by atoms with Crippen molar-refractivity contribution in [2.45, 2.75) is 24.4 Å². The van der Waals surface area contributed by atoms with Gasteiger partial charge in [-0.25, -0.2) is 4.39 Å². The number of carbonyl (C=O) groups excluding carboxylic acids is 1. The van der Waals surface area contributed by atoms with E-state index in [1.54, 1.807) is 0 Å². The number of nitriles is 1. The van der Waals surface area contributed by atoms with Crippen LogP contribution in [-0.2, 0) is 16.4 Å². The molecule has 0 N–H and O–H groups in total. The lowest BCUT2D eigenvalue weighted by Gasteiger charge is -2.34. The molecule has 0 atom stereocenters. The van der Waals surface area contributed by atoms with Crippen LogP contribution in [0.4, 0.5) is 17.6 Å². The number of ketones is 1. The van der Waals surface area contributed by atoms with E-state index >= 15 is 0 Å². The van der Waals surface area contributed by atoms with Gasteiger partial charge in [0.2, 0.25) is 0 Å². The molecule has 94 valence electrons. The Bertz CT molecular complexity index is 548. The van der Waals surface area contributed by atoms with Crippen LogP contribution < -0.4 is 0 Å². The van der Waals surface area contributed by atoms with E-state index in [0.717, 1.165) is 6.07 Å². The average molecular weight is 257 g/mol. The molecule has 2 rings (SSSR count). The summed E-state index contributed by atoms with van der Waals surface area (Å²) in [5.41, 5.74) is -2.60. The first-order valence-electron chi connectivity index (χ1n) is 5.09. The van der Waals surface area contributed by atoms with Gasteiger partial charge >= 0.3 is 6.18 Å². The second kappa shape index (κ2) is 3.80. The molecule has 0 aromatic heterocycles. The highest BCUT2D eigenvalue weighted by Crippen LogP contribution is 2.42. The molecule has 0 heterocycles. The molecule has 0 unspecified atom stereocenters. The molecule has 0 spiro atoms. The number of carbonyl (C=O) groups is 1. The number of benzene rings is 1. The van der Waals surface area contributed by atoms with Gasteiger partial charge in [-0.2, -0.15) is 18.4 Å². The third kappa shape index (κ3) is 1.86. The van der Waals surface area contributed by atoms with Gasteiger partial charge < -0.3 is 0 Å². The normalized spacial score (nSPS) is 18.1. The Balaban J connectivity index is 2.49. The zero-order valence-corrected chi connectivity index (χ0v) is 9.01. The third-order valence-electron chi connectivity index (χ3n) is 3.04. The molecule has 1 fully saturated rings. The monoisotopic (exact) mass is 257 g/mol. The summed E-state index contributed by atoms with van der Waals surface area (Å²) >= 11 is 0. The molecule has 0 saturated heterocycles. The molecule has 1 aromatic carbocycles. The van der Waals surface area contributed by atoms with Crippen molar-refractivity contribution in [3.05, 3.63) is 35.1 Å². The summed E-state index contributed by atoms with van der Waals surface area (Å²) in [6, 6.07) is 4.27. The Labute approximate surface area is 99.8 Å². The van der Waals surface area contributed by atoms with Crippen molar-refractivity contribution < 1.29 is 22.4 Å². The molecule has 1 aliphatic rings. The molecular weight excluding hydrogens is 250 g/mol. The lowest BCUT2D eigenvalue weighted by atomic mass is 9.64. The van der Waals surface area contributed by atoms with Crippen LogP contribution in [0, 0.1) is 17.1 Å². The second-order valence-electron chi connectivity index (χ2n) is 4.28. The first-order valence-corrected chi connectivity index (χ1v) is 5.09. The van der Waals surface area contributed by atoms with Crippen LogP contribution in [0.3, 0.4) is 0 Å². The van der Waals surface area contributed by atoms with Gasteiger partial charge in [0.1, 0.15) is 11.6 Å². The second-order valence-corrected chi connectivity index (χ2v) is 4.28. The summed E-state index contributed by atoms with van der Waals surface area (Å²) < 4.78 is 50.7. The Hall–Kier alpha value is -1.90. The molecule has 0 amide bonds. The number of alkyl halides is 3. The smallest absolute Gasteiger partial charge is 0.300 e. The van der Waals surface area contributed by atoms with Crippen molar-refractivity contribution in [2.75, 3.05) is 0 Å². The highest BCUT2D eigenvalue weighted by Gasteiger charge is 2.46. The number of hydrogen-bond donors (Lipinski definition) is 0. The van der Waals surface area contributed by atoms with Crippen molar-refractivity contribution in [3.63, 3.8) is 0 Å². The Morgan fingerprint density at radius 2 is 1.89 bits per heavy atom. The largest absolute Gasteiger partial charge is 0.419 e. The fourth-order valence-corrected chi connectivity index (χ4v) is 2.01. The number of hydrogen-bond acceptors (Lipinski definition) is 2. The maximum Gasteiger partial charge on any atom is 0.419 e. The van der Waals surface area contributed by atoms with Gasteiger partial charge in [0.25, 0.3) is 0 Å². The summed E-state index contributed by atoms with van der Waals surface area (Å²) in [5.74, 6) is -1.57. The Morgan fingerprint density at radius 3 is 2.33 bits per heavy atom. The van der Waals surface area contributed by atoms with Crippen LogP contribution in [-0.4, -0.2) is 5.78 Å². The fourth-order valence-electron chi connectivity index (χ4n) is 2.01. The number of Topliss-reactive ketones (excluding diaryl/α,β-unsaturated/α-hetero) is 1. The van der Waals surface area contributed by atoms with Crippen molar-refractivity contribution >= 4 is 5.78 Å². The van der Waals surface area contributed by atoms with Gasteiger partial charge in [-0.15, -0.1) is 0 Å². The van der Waals surface area contributed by atoms with E-state index in [9.17, 15) is 22.4 Å². The van der Waals surface area contributed by atoms with Crippen LogP contribution >= 0.6 is 0 Å². The van der Waals surface area contributed by atoms with E-state index in [-0.39, 0.29) is 24.2 Å². The molecule has 1 aromatic rings. The first-order chi connectivity index (χ1) is 8.28. The minimum atomic E-state index is -4.81. The van der Waals surface area contributed by atoms with Crippen LogP contribution in [0.15, 0.2) is 18.2 Å². The van der Waals surface area contributed by atoms with E-state index in [0.29, 0.717) is 12.1 Å². The average Bonchev–Trinajstić information content (AvgIpc) is 2.23. The van der Waals surface area contributed by atoms with E-state index in [2.05, 4.69) is 0 Å². The van der Waals surface area contributed by atoms with Gasteiger partial charge in [0.15, 0.2) is 0 Å². The summed E-state index contributed by atoms with van der Waals surface area (Å²) in [6.07, 6.45) is -5.05. The molecule has 0 bridgehead atoms. The molecule has 0 aliphatic heterocycles. The van der Waals surface area contributed by atoms with E-state index in [1.807, 2.05) is 6.07 Å². The lowest BCUT2D eigenvalue weighted by Crippen LogP contribution is -2.40. The van der Waals surface area contributed by atoms with Gasteiger partial charge in [0.05, 0.1) is 17.0 Å². The summed E-state index contributed by atoms with van der Waals surface area (Å²) in [6.45, 7) is 0. The zero-order valence-electron chi connectivity index (χ0n) is 9.01. The van der Waals surface area contributed by atoms with Gasteiger partial charge in [-0.05, 0) is 17.7 Å². The molecule has 2 nitrogen and oxygen atoms in total. The maximum atomic E-state index is 13.1. The minimum Gasteiger partial charge on any atom is -0.300 e. The predicted molar refractivity (Wildman–Crippen MR) is 52.9 cm³/mol. The van der Waals surface area contributed by atoms with Crippen LogP contribution in [0.1, 0.15) is 24.0 Å². The van der Waals surface area contributed by atoms with Crippen molar-refractivity contribution in [1.82, 2.24) is 0 Å². The summed E-state index contributed by atoms with van der Waals surface area (Å²) in [7, 11) is 0. The van der Waals surface area contributed by atoms with E-state index in [4.69, 9.17) is 5.26 Å². The zero-order chi connectivity index (χ0) is 13.6. The molecule has 18 heavy (non-hydrogen) atoms. The van der Waals surface area contributed by atoms with Gasteiger partial charge in [-0.1, -0.05) is 6.07 Å². The molecule has 0 radical (unpaired) electrons. The number of halogens is 4. The SMILES string of the molecule is N#CC1(c2ccc(F)c(C(F)(F)F)c2)CC(=O)C1. The molecular formula is C12H7F4NO. The van der Waals surface area contributed by atoms with E-state index < -0.39 is 23.0 Å². The Kier molecular flexibility index (Phi) is 2.65. The third-order valence-corrected chi connectivity index (χ3v) is 3.04. The molecule has 1 saturated carbocycles. The Morgan fingerprint density at radius 1 is 1.28 bits per heavy atom. The predicted octanol–water partition coefficient (Wildman–Crippen LogP) is 2.97. The standard InChI is InChI=1S/C12H7F4NO/c13-10-2-1-7(3-9(10)12(14,15)16)11(6-17)4-8(18)5-11/h1-3H,4-5H2. The number of rotatable bonds is 1. The highest BCUT2D eigenvalue weighted by molar-refractivity contribution is 5.90. The van der Waals surface area contributed by atoms with Crippen LogP contribution in [0.25, 0.3) is 0 Å². The van der Waals surface area contributed by atoms with Gasteiger partial charge in [0, 0.05) is 12.8 Å². The molecule has 6 heteroatoms. The highest BCUT2D eigenvalue weighted by atomic mass is 19.4. The summed E-state index contributed by atoms with van der Waals surface area (Å²) in [5, 5.41) is 8.99. The topological polar surface area (TPSA) is 40.9 Å². The van der Waals surface area contributed by atoms with Crippen LogP contribution in [0.2, 0.25) is 0 Å². The van der Waals surface area contributed by atoms with Crippen molar-refractivity contribution in [1.29, 1.82) is 5.26 Å². The summed E-state index contributed by atoms with van der Waals surface area (Å²) in [4.78, 5) is 10.9. The van der Waals surface area contributed by atoms with Crippen LogP contribution in [0.5, 0.6) is 0 Å². The minimum absolute atomic E-state index is 0.0401. The van der Waals surface area contributed by atoms with Gasteiger partial charge in [-0.3, -0.25) is 4.79 Å². The first kappa shape index (κ1) is 12.6. The van der Waals surface area contributed by atoms with Crippen molar-refractivity contribution in [2.24, 2.45) is 0 Å². The fraction of sp³-hybridized carbons (Fsp3) is 0.333. The quantitative estimate of drug-likeness (QED) is 0.726. The van der Waals surface area contributed by atoms with Crippen molar-refractivity contribution in [3.8, 4) is 6.07 Å². The lowest BCUT2D eigenvalue weighted by molar-refractivity contribution is -0.140. The maximum absolute atomic E-state index is 13.1.